The molecule has 0 aliphatic heterocycles. The zero-order chi connectivity index (χ0) is 14.0. The number of benzene rings is 1. The summed E-state index contributed by atoms with van der Waals surface area (Å²) in [6, 6.07) is 4.59. The van der Waals surface area contributed by atoms with Crippen molar-refractivity contribution in [3.63, 3.8) is 0 Å². The number of aryl methyl sites for hydroxylation is 1. The fraction of sp³-hybridized carbons (Fsp3) is 0.0769. The minimum atomic E-state index is -1.14. The Morgan fingerprint density at radius 1 is 1.37 bits per heavy atom. The number of anilines is 1. The van der Waals surface area contributed by atoms with Gasteiger partial charge in [0.25, 0.3) is 5.91 Å². The molecule has 4 nitrogen and oxygen atoms in total. The van der Waals surface area contributed by atoms with Gasteiger partial charge < -0.3 is 10.4 Å². The van der Waals surface area contributed by atoms with Crippen LogP contribution in [0, 0.1) is 18.6 Å². The maximum absolute atomic E-state index is 13.5. The number of pyridine rings is 1. The normalized spacial score (nSPS) is 10.3. The summed E-state index contributed by atoms with van der Waals surface area (Å²) in [6.07, 6.45) is 1.46. The number of nitrogens with zero attached hydrogens (tertiary/aromatic N) is 1. The van der Waals surface area contributed by atoms with E-state index in [1.165, 1.54) is 6.20 Å². The highest BCUT2D eigenvalue weighted by Gasteiger charge is 2.19. The van der Waals surface area contributed by atoms with E-state index in [-0.39, 0.29) is 5.82 Å². The minimum Gasteiger partial charge on any atom is -0.507 e. The zero-order valence-electron chi connectivity index (χ0n) is 9.95. The van der Waals surface area contributed by atoms with E-state index in [9.17, 15) is 18.7 Å². The molecule has 0 fully saturated rings. The van der Waals surface area contributed by atoms with Crippen LogP contribution in [0.5, 0.6) is 5.75 Å². The van der Waals surface area contributed by atoms with Crippen molar-refractivity contribution in [2.75, 3.05) is 5.32 Å². The Kier molecular flexibility index (Phi) is 3.41. The predicted octanol–water partition coefficient (Wildman–Crippen LogP) is 2.63. The number of nitrogens with one attached hydrogen (secondary N) is 1. The van der Waals surface area contributed by atoms with Crippen molar-refractivity contribution in [3.05, 3.63) is 53.2 Å². The van der Waals surface area contributed by atoms with Gasteiger partial charge in [-0.05, 0) is 18.6 Å². The van der Waals surface area contributed by atoms with E-state index in [1.54, 1.807) is 19.1 Å². The molecule has 0 radical (unpaired) electrons. The van der Waals surface area contributed by atoms with Crippen LogP contribution in [0.4, 0.5) is 14.6 Å². The molecule has 0 saturated heterocycles. The van der Waals surface area contributed by atoms with Crippen LogP contribution in [0.1, 0.15) is 15.9 Å². The Morgan fingerprint density at radius 3 is 2.74 bits per heavy atom. The first-order chi connectivity index (χ1) is 8.99. The molecule has 1 aromatic carbocycles. The molecule has 6 heteroatoms. The fourth-order valence-corrected chi connectivity index (χ4v) is 1.57. The van der Waals surface area contributed by atoms with Crippen LogP contribution < -0.4 is 5.32 Å². The Labute approximate surface area is 107 Å². The van der Waals surface area contributed by atoms with Crippen LogP contribution in [0.2, 0.25) is 0 Å². The number of amides is 1. The number of phenolic OH excluding ortho intramolecular Hbond substituents is 1. The number of carbonyl (C=O) groups excluding carboxylic acids is 1. The van der Waals surface area contributed by atoms with Gasteiger partial charge in [0.2, 0.25) is 0 Å². The SMILES string of the molecule is Cc1cccnc1NC(=O)c1c(O)cc(F)cc1F. The van der Waals surface area contributed by atoms with E-state index >= 15 is 0 Å². The first-order valence-corrected chi connectivity index (χ1v) is 5.40. The number of hydrogen-bond acceptors (Lipinski definition) is 3. The first-order valence-electron chi connectivity index (χ1n) is 5.40. The number of rotatable bonds is 2. The second kappa shape index (κ2) is 5.01. The van der Waals surface area contributed by atoms with E-state index in [1.807, 2.05) is 0 Å². The summed E-state index contributed by atoms with van der Waals surface area (Å²) in [5, 5.41) is 11.8. The number of halogens is 2. The van der Waals surface area contributed by atoms with Crippen LogP contribution in [-0.4, -0.2) is 16.0 Å². The Morgan fingerprint density at radius 2 is 2.11 bits per heavy atom. The Balaban J connectivity index is 2.34. The van der Waals surface area contributed by atoms with E-state index in [2.05, 4.69) is 10.3 Å². The quantitative estimate of drug-likeness (QED) is 0.876. The lowest BCUT2D eigenvalue weighted by Gasteiger charge is -2.09. The summed E-state index contributed by atoms with van der Waals surface area (Å²) in [6.45, 7) is 1.71. The lowest BCUT2D eigenvalue weighted by atomic mass is 10.1. The molecule has 1 amide bonds. The molecule has 19 heavy (non-hydrogen) atoms. The van der Waals surface area contributed by atoms with Gasteiger partial charge in [0.1, 0.15) is 28.8 Å². The van der Waals surface area contributed by atoms with E-state index in [4.69, 9.17) is 0 Å². The number of carbonyl (C=O) groups is 1. The number of phenols is 1. The van der Waals surface area contributed by atoms with E-state index in [0.29, 0.717) is 17.7 Å². The molecule has 1 aromatic heterocycles. The van der Waals surface area contributed by atoms with E-state index < -0.39 is 28.9 Å². The standard InChI is InChI=1S/C13H10F2N2O2/c1-7-3-2-4-16-12(7)17-13(19)11-9(15)5-8(14)6-10(11)18/h2-6,18H,1H3,(H,16,17,19). The minimum absolute atomic E-state index is 0.246. The summed E-state index contributed by atoms with van der Waals surface area (Å²) in [7, 11) is 0. The van der Waals surface area contributed by atoms with Crippen molar-refractivity contribution in [3.8, 4) is 5.75 Å². The Bertz CT molecular complexity index is 621. The molecule has 98 valence electrons. The molecule has 2 aromatic rings. The van der Waals surface area contributed by atoms with Gasteiger partial charge in [0.05, 0.1) is 0 Å². The zero-order valence-corrected chi connectivity index (χ0v) is 9.95. The van der Waals surface area contributed by atoms with Gasteiger partial charge in [-0.3, -0.25) is 4.79 Å². The van der Waals surface area contributed by atoms with Gasteiger partial charge in [0, 0.05) is 18.3 Å². The number of hydrogen-bond donors (Lipinski definition) is 2. The number of aromatic nitrogens is 1. The second-order valence-electron chi connectivity index (χ2n) is 3.90. The molecule has 0 bridgehead atoms. The lowest BCUT2D eigenvalue weighted by molar-refractivity contribution is 0.101. The summed E-state index contributed by atoms with van der Waals surface area (Å²) in [5.41, 5.74) is 0.0595. The fourth-order valence-electron chi connectivity index (χ4n) is 1.57. The average Bonchev–Trinajstić information content (AvgIpc) is 2.30. The highest BCUT2D eigenvalue weighted by Crippen LogP contribution is 2.23. The van der Waals surface area contributed by atoms with Gasteiger partial charge in [-0.1, -0.05) is 6.07 Å². The molecule has 2 N–H and O–H groups in total. The van der Waals surface area contributed by atoms with Gasteiger partial charge in [-0.2, -0.15) is 0 Å². The topological polar surface area (TPSA) is 62.2 Å². The molecular formula is C13H10F2N2O2. The molecule has 0 saturated carbocycles. The predicted molar refractivity (Wildman–Crippen MR) is 65.0 cm³/mol. The van der Waals surface area contributed by atoms with Crippen molar-refractivity contribution in [2.45, 2.75) is 6.92 Å². The van der Waals surface area contributed by atoms with Crippen molar-refractivity contribution in [1.82, 2.24) is 4.98 Å². The molecule has 0 unspecified atom stereocenters. The first kappa shape index (κ1) is 12.9. The molecule has 0 aliphatic rings. The molecular weight excluding hydrogens is 254 g/mol. The third-order valence-corrected chi connectivity index (χ3v) is 2.50. The summed E-state index contributed by atoms with van der Waals surface area (Å²) >= 11 is 0. The van der Waals surface area contributed by atoms with Crippen LogP contribution in [0.3, 0.4) is 0 Å². The largest absolute Gasteiger partial charge is 0.507 e. The highest BCUT2D eigenvalue weighted by molar-refractivity contribution is 6.06. The second-order valence-corrected chi connectivity index (χ2v) is 3.90. The van der Waals surface area contributed by atoms with Gasteiger partial charge >= 0.3 is 0 Å². The lowest BCUT2D eigenvalue weighted by Crippen LogP contribution is -2.16. The van der Waals surface area contributed by atoms with Crippen molar-refractivity contribution in [1.29, 1.82) is 0 Å². The van der Waals surface area contributed by atoms with Crippen LogP contribution >= 0.6 is 0 Å². The smallest absolute Gasteiger partial charge is 0.263 e. The maximum Gasteiger partial charge on any atom is 0.263 e. The molecule has 1 heterocycles. The van der Waals surface area contributed by atoms with Crippen LogP contribution in [0.15, 0.2) is 30.5 Å². The van der Waals surface area contributed by atoms with E-state index in [0.717, 1.165) is 0 Å². The monoisotopic (exact) mass is 264 g/mol. The third-order valence-electron chi connectivity index (χ3n) is 2.50. The molecule has 0 aliphatic carbocycles. The van der Waals surface area contributed by atoms with Gasteiger partial charge in [-0.25, -0.2) is 13.8 Å². The summed E-state index contributed by atoms with van der Waals surface area (Å²) < 4.78 is 26.3. The van der Waals surface area contributed by atoms with Crippen LogP contribution in [-0.2, 0) is 0 Å². The number of aromatic hydroxyl groups is 1. The van der Waals surface area contributed by atoms with Crippen molar-refractivity contribution in [2.24, 2.45) is 0 Å². The average molecular weight is 264 g/mol. The third kappa shape index (κ3) is 2.67. The van der Waals surface area contributed by atoms with Crippen LogP contribution in [0.25, 0.3) is 0 Å². The van der Waals surface area contributed by atoms with Gasteiger partial charge in [-0.15, -0.1) is 0 Å². The summed E-state index contributed by atoms with van der Waals surface area (Å²) in [4.78, 5) is 15.8. The molecule has 0 spiro atoms. The van der Waals surface area contributed by atoms with Crippen molar-refractivity contribution >= 4 is 11.7 Å². The summed E-state index contributed by atoms with van der Waals surface area (Å²) in [5.74, 6) is -3.50. The van der Waals surface area contributed by atoms with Crippen molar-refractivity contribution < 1.29 is 18.7 Å². The molecule has 2 rings (SSSR count). The molecule has 0 atom stereocenters. The van der Waals surface area contributed by atoms with Gasteiger partial charge in [0.15, 0.2) is 0 Å². The maximum atomic E-state index is 13.5. The Hall–Kier alpha value is -2.50. The highest BCUT2D eigenvalue weighted by atomic mass is 19.1.